The fraction of sp³-hybridized carbons (Fsp3) is 0.538. The minimum Gasteiger partial charge on any atom is -0.207 e. The highest BCUT2D eigenvalue weighted by Crippen LogP contribution is 2.35. The third kappa shape index (κ3) is 3.02. The van der Waals surface area contributed by atoms with Crippen molar-refractivity contribution in [1.82, 2.24) is 4.31 Å². The van der Waals surface area contributed by atoms with E-state index in [-0.39, 0.29) is 6.04 Å². The van der Waals surface area contributed by atoms with Gasteiger partial charge in [-0.2, -0.15) is 4.31 Å². The molecule has 1 heterocycles. The molecule has 0 radical (unpaired) electrons. The van der Waals surface area contributed by atoms with Crippen molar-refractivity contribution in [2.24, 2.45) is 5.92 Å². The van der Waals surface area contributed by atoms with Gasteiger partial charge in [0.05, 0.1) is 4.90 Å². The molecular weight excluding hydrogens is 474 g/mol. The summed E-state index contributed by atoms with van der Waals surface area (Å²) in [7, 11) is -3.48. The number of alkyl halides is 1. The summed E-state index contributed by atoms with van der Waals surface area (Å²) in [6.07, 6.45) is 0.903. The van der Waals surface area contributed by atoms with Crippen LogP contribution in [0, 0.1) is 12.8 Å². The Morgan fingerprint density at radius 1 is 1.30 bits per heavy atom. The lowest BCUT2D eigenvalue weighted by molar-refractivity contribution is 0.378. The minimum absolute atomic E-state index is 0.0204. The molecule has 0 amide bonds. The molecule has 0 bridgehead atoms. The van der Waals surface area contributed by atoms with Crippen LogP contribution in [0.2, 0.25) is 0 Å². The normalized spacial score (nSPS) is 24.2. The zero-order chi connectivity index (χ0) is 15.1. The highest BCUT2D eigenvalue weighted by Gasteiger charge is 2.39. The summed E-state index contributed by atoms with van der Waals surface area (Å²) in [6.45, 7) is 4.61. The number of sulfonamides is 1. The first-order chi connectivity index (χ1) is 9.28. The third-order valence-corrected chi connectivity index (χ3v) is 8.19. The van der Waals surface area contributed by atoms with Crippen LogP contribution in [0.4, 0.5) is 0 Å². The predicted molar refractivity (Wildman–Crippen MR) is 91.8 cm³/mol. The van der Waals surface area contributed by atoms with E-state index in [2.05, 4.69) is 54.7 Å². The molecule has 3 nitrogen and oxygen atoms in total. The first kappa shape index (κ1) is 16.9. The number of hydrogen-bond donors (Lipinski definition) is 0. The molecule has 0 aliphatic carbocycles. The monoisotopic (exact) mass is 487 g/mol. The standard InChI is InChI=1S/C13H16Br3NO2S/c1-8-3-4-17(12(8)7-14)20(18,19)13-6-10(15)9(2)5-11(13)16/h5-6,8,12H,3-4,7H2,1-2H3. The molecule has 7 heteroatoms. The van der Waals surface area contributed by atoms with Crippen LogP contribution in [-0.4, -0.2) is 30.6 Å². The first-order valence-corrected chi connectivity index (χ1v) is 10.5. The van der Waals surface area contributed by atoms with E-state index in [0.29, 0.717) is 27.2 Å². The van der Waals surface area contributed by atoms with Gasteiger partial charge in [0, 0.05) is 26.9 Å². The SMILES string of the molecule is Cc1cc(Br)c(S(=O)(=O)N2CCC(C)C2CBr)cc1Br. The van der Waals surface area contributed by atoms with Gasteiger partial charge in [-0.05, 0) is 52.9 Å². The molecule has 2 unspecified atom stereocenters. The van der Waals surface area contributed by atoms with Crippen LogP contribution < -0.4 is 0 Å². The fourth-order valence-electron chi connectivity index (χ4n) is 2.45. The Balaban J connectivity index is 2.48. The number of benzene rings is 1. The molecule has 1 fully saturated rings. The van der Waals surface area contributed by atoms with Gasteiger partial charge in [0.1, 0.15) is 0 Å². The van der Waals surface area contributed by atoms with E-state index < -0.39 is 10.0 Å². The first-order valence-electron chi connectivity index (χ1n) is 6.32. The van der Waals surface area contributed by atoms with Crippen molar-refractivity contribution in [1.29, 1.82) is 0 Å². The number of aryl methyl sites for hydroxylation is 1. The molecule has 0 spiro atoms. The van der Waals surface area contributed by atoms with Gasteiger partial charge < -0.3 is 0 Å². The van der Waals surface area contributed by atoms with Crippen molar-refractivity contribution in [3.8, 4) is 0 Å². The van der Waals surface area contributed by atoms with E-state index in [1.807, 2.05) is 13.0 Å². The number of halogens is 3. The van der Waals surface area contributed by atoms with Crippen LogP contribution in [0.1, 0.15) is 18.9 Å². The number of hydrogen-bond acceptors (Lipinski definition) is 2. The molecule has 1 aliphatic heterocycles. The van der Waals surface area contributed by atoms with E-state index in [1.165, 1.54) is 0 Å². The molecule has 1 aromatic carbocycles. The van der Waals surface area contributed by atoms with Crippen LogP contribution in [0.25, 0.3) is 0 Å². The average molecular weight is 490 g/mol. The molecular formula is C13H16Br3NO2S. The molecule has 1 saturated heterocycles. The largest absolute Gasteiger partial charge is 0.244 e. The third-order valence-electron chi connectivity index (χ3n) is 3.79. The molecule has 0 aromatic heterocycles. The highest BCUT2D eigenvalue weighted by molar-refractivity contribution is 9.11. The molecule has 1 aromatic rings. The lowest BCUT2D eigenvalue weighted by Gasteiger charge is -2.25. The summed E-state index contributed by atoms with van der Waals surface area (Å²) in [6, 6.07) is 3.54. The Labute approximate surface area is 145 Å². The Morgan fingerprint density at radius 3 is 2.55 bits per heavy atom. The second kappa shape index (κ2) is 6.36. The van der Waals surface area contributed by atoms with Crippen LogP contribution in [-0.2, 0) is 10.0 Å². The van der Waals surface area contributed by atoms with E-state index in [1.54, 1.807) is 10.4 Å². The van der Waals surface area contributed by atoms with E-state index in [9.17, 15) is 8.42 Å². The molecule has 2 atom stereocenters. The molecule has 112 valence electrons. The Kier molecular flexibility index (Phi) is 5.39. The van der Waals surface area contributed by atoms with Gasteiger partial charge in [-0.15, -0.1) is 0 Å². The topological polar surface area (TPSA) is 37.4 Å². The van der Waals surface area contributed by atoms with Crippen molar-refractivity contribution < 1.29 is 8.42 Å². The molecule has 0 saturated carbocycles. The van der Waals surface area contributed by atoms with Crippen molar-refractivity contribution in [3.63, 3.8) is 0 Å². The Morgan fingerprint density at radius 2 is 1.95 bits per heavy atom. The highest BCUT2D eigenvalue weighted by atomic mass is 79.9. The Bertz CT molecular complexity index is 618. The Hall–Kier alpha value is 0.570. The zero-order valence-electron chi connectivity index (χ0n) is 11.2. The second-order valence-electron chi connectivity index (χ2n) is 5.14. The van der Waals surface area contributed by atoms with Gasteiger partial charge in [-0.3, -0.25) is 0 Å². The molecule has 20 heavy (non-hydrogen) atoms. The number of rotatable bonds is 3. The second-order valence-corrected chi connectivity index (χ2v) is 9.35. The van der Waals surface area contributed by atoms with E-state index in [4.69, 9.17) is 0 Å². The summed E-state index contributed by atoms with van der Waals surface area (Å²) >= 11 is 10.2. The minimum atomic E-state index is -3.48. The van der Waals surface area contributed by atoms with Gasteiger partial charge in [0.15, 0.2) is 0 Å². The molecule has 2 rings (SSSR count). The summed E-state index contributed by atoms with van der Waals surface area (Å²) in [4.78, 5) is 0.329. The summed E-state index contributed by atoms with van der Waals surface area (Å²) in [5, 5.41) is 0.665. The number of nitrogens with zero attached hydrogens (tertiary/aromatic N) is 1. The van der Waals surface area contributed by atoms with E-state index in [0.717, 1.165) is 16.5 Å². The average Bonchev–Trinajstić information content (AvgIpc) is 2.75. The maximum atomic E-state index is 12.9. The van der Waals surface area contributed by atoms with Crippen molar-refractivity contribution in [2.45, 2.75) is 31.2 Å². The van der Waals surface area contributed by atoms with Crippen LogP contribution in [0.5, 0.6) is 0 Å². The van der Waals surface area contributed by atoms with Gasteiger partial charge >= 0.3 is 0 Å². The van der Waals surface area contributed by atoms with Crippen LogP contribution in [0.3, 0.4) is 0 Å². The fourth-order valence-corrected chi connectivity index (χ4v) is 7.01. The summed E-state index contributed by atoms with van der Waals surface area (Å²) < 4.78 is 28.8. The van der Waals surface area contributed by atoms with Gasteiger partial charge in [-0.25, -0.2) is 8.42 Å². The van der Waals surface area contributed by atoms with Gasteiger partial charge in [0.25, 0.3) is 0 Å². The van der Waals surface area contributed by atoms with Crippen molar-refractivity contribution in [2.75, 3.05) is 11.9 Å². The molecule has 1 aliphatic rings. The van der Waals surface area contributed by atoms with Crippen molar-refractivity contribution in [3.05, 3.63) is 26.6 Å². The smallest absolute Gasteiger partial charge is 0.207 e. The van der Waals surface area contributed by atoms with Crippen LogP contribution in [0.15, 0.2) is 26.0 Å². The lowest BCUT2D eigenvalue weighted by Crippen LogP contribution is -2.38. The lowest BCUT2D eigenvalue weighted by atomic mass is 10.1. The summed E-state index contributed by atoms with van der Waals surface area (Å²) in [5.41, 5.74) is 1.00. The van der Waals surface area contributed by atoms with Gasteiger partial charge in [0.2, 0.25) is 10.0 Å². The van der Waals surface area contributed by atoms with E-state index >= 15 is 0 Å². The maximum Gasteiger partial charge on any atom is 0.244 e. The van der Waals surface area contributed by atoms with Crippen molar-refractivity contribution >= 4 is 57.8 Å². The maximum absolute atomic E-state index is 12.9. The molecule has 0 N–H and O–H groups in total. The quantitative estimate of drug-likeness (QED) is 0.593. The zero-order valence-corrected chi connectivity index (χ0v) is 16.8. The predicted octanol–water partition coefficient (Wildman–Crippen LogP) is 4.31. The summed E-state index contributed by atoms with van der Waals surface area (Å²) in [5.74, 6) is 0.372. The van der Waals surface area contributed by atoms with Gasteiger partial charge in [-0.1, -0.05) is 38.8 Å². The van der Waals surface area contributed by atoms with Crippen LogP contribution >= 0.6 is 47.8 Å².